The SMILES string of the molecule is C[C@H](CC(=O)[C@H]1CC(=O)CCN1CCOc1ccccc1)c1ccc(C(=O)O)cc1.O=C(O)C(F)(F)F. The predicted molar refractivity (Wildman–Crippen MR) is 127 cm³/mol. The van der Waals surface area contributed by atoms with E-state index in [1.807, 2.05) is 42.2 Å². The number of carbonyl (C=O) groups excluding carboxylic acids is 2. The highest BCUT2D eigenvalue weighted by atomic mass is 19.4. The number of carboxylic acids is 2. The van der Waals surface area contributed by atoms with Crippen molar-refractivity contribution in [2.75, 3.05) is 19.7 Å². The molecule has 0 spiro atoms. The standard InChI is InChI=1S/C24H27NO5.C2HF3O2/c1-17(18-7-9-19(10-8-18)24(28)29)15-23(27)22-16-20(26)11-12-25(22)13-14-30-21-5-3-2-4-6-21;3-2(4,5)1(6)7/h2-10,17,22H,11-16H2,1H3,(H,28,29);(H,6,7)/t17-,22-;/m1./s1. The summed E-state index contributed by atoms with van der Waals surface area (Å²) in [5, 5.41) is 16.2. The maximum absolute atomic E-state index is 13.0. The largest absolute Gasteiger partial charge is 0.492 e. The second-order valence-electron chi connectivity index (χ2n) is 8.51. The Labute approximate surface area is 211 Å². The number of aromatic carboxylic acids is 1. The number of carboxylic acid groups (broad SMARTS) is 2. The van der Waals surface area contributed by atoms with Crippen molar-refractivity contribution >= 4 is 23.5 Å². The monoisotopic (exact) mass is 523 g/mol. The summed E-state index contributed by atoms with van der Waals surface area (Å²) in [5.74, 6) is -2.84. The van der Waals surface area contributed by atoms with Crippen molar-refractivity contribution in [3.05, 3.63) is 65.7 Å². The van der Waals surface area contributed by atoms with E-state index >= 15 is 0 Å². The molecule has 3 rings (SSSR count). The minimum Gasteiger partial charge on any atom is -0.492 e. The highest BCUT2D eigenvalue weighted by Crippen LogP contribution is 2.24. The molecule has 8 nitrogen and oxygen atoms in total. The van der Waals surface area contributed by atoms with E-state index in [9.17, 15) is 27.6 Å². The van der Waals surface area contributed by atoms with Gasteiger partial charge in [0.05, 0.1) is 11.6 Å². The lowest BCUT2D eigenvalue weighted by Crippen LogP contribution is -2.49. The summed E-state index contributed by atoms with van der Waals surface area (Å²) in [6.07, 6.45) is -4.07. The normalized spacial score (nSPS) is 16.8. The number of ketones is 2. The lowest BCUT2D eigenvalue weighted by molar-refractivity contribution is -0.192. The minimum atomic E-state index is -5.08. The Morgan fingerprint density at radius 1 is 1.05 bits per heavy atom. The van der Waals surface area contributed by atoms with Crippen LogP contribution < -0.4 is 4.74 Å². The smallest absolute Gasteiger partial charge is 0.490 e. The number of piperidine rings is 1. The van der Waals surface area contributed by atoms with E-state index in [1.165, 1.54) is 0 Å². The van der Waals surface area contributed by atoms with Gasteiger partial charge in [-0.1, -0.05) is 37.3 Å². The fourth-order valence-corrected chi connectivity index (χ4v) is 3.76. The summed E-state index contributed by atoms with van der Waals surface area (Å²) in [6, 6.07) is 15.7. The molecule has 2 aromatic carbocycles. The van der Waals surface area contributed by atoms with E-state index in [0.29, 0.717) is 32.5 Å². The van der Waals surface area contributed by atoms with Gasteiger partial charge in [-0.3, -0.25) is 14.5 Å². The molecule has 2 N–H and O–H groups in total. The zero-order valence-corrected chi connectivity index (χ0v) is 20.1. The summed E-state index contributed by atoms with van der Waals surface area (Å²) < 4.78 is 37.5. The van der Waals surface area contributed by atoms with Crippen LogP contribution in [0.25, 0.3) is 0 Å². The number of hydrogen-bond donors (Lipinski definition) is 2. The van der Waals surface area contributed by atoms with Gasteiger partial charge in [0.15, 0.2) is 5.78 Å². The number of ether oxygens (including phenoxy) is 1. The van der Waals surface area contributed by atoms with Crippen molar-refractivity contribution in [1.29, 1.82) is 0 Å². The Bertz CT molecular complexity index is 1070. The molecule has 1 aliphatic rings. The van der Waals surface area contributed by atoms with Gasteiger partial charge in [0.2, 0.25) is 0 Å². The van der Waals surface area contributed by atoms with Gasteiger partial charge in [0.25, 0.3) is 0 Å². The molecule has 2 atom stereocenters. The van der Waals surface area contributed by atoms with Crippen LogP contribution in [0, 0.1) is 0 Å². The number of likely N-dealkylation sites (tertiary alicyclic amines) is 1. The molecule has 0 aromatic heterocycles. The molecule has 1 heterocycles. The average molecular weight is 524 g/mol. The lowest BCUT2D eigenvalue weighted by atomic mass is 9.89. The summed E-state index contributed by atoms with van der Waals surface area (Å²) in [7, 11) is 0. The van der Waals surface area contributed by atoms with Crippen molar-refractivity contribution in [2.24, 2.45) is 0 Å². The maximum Gasteiger partial charge on any atom is 0.490 e. The van der Waals surface area contributed by atoms with Crippen molar-refractivity contribution in [3.8, 4) is 5.75 Å². The van der Waals surface area contributed by atoms with Gasteiger partial charge >= 0.3 is 18.1 Å². The number of carbonyl (C=O) groups is 4. The summed E-state index contributed by atoms with van der Waals surface area (Å²) in [6.45, 7) is 3.55. The first kappa shape index (κ1) is 29.5. The van der Waals surface area contributed by atoms with Gasteiger partial charge in [-0.05, 0) is 35.7 Å². The van der Waals surface area contributed by atoms with Crippen LogP contribution in [-0.4, -0.2) is 70.5 Å². The van der Waals surface area contributed by atoms with Crippen LogP contribution in [0.2, 0.25) is 0 Å². The van der Waals surface area contributed by atoms with E-state index in [4.69, 9.17) is 19.7 Å². The third kappa shape index (κ3) is 9.68. The Morgan fingerprint density at radius 3 is 2.19 bits per heavy atom. The van der Waals surface area contributed by atoms with Crippen LogP contribution in [-0.2, 0) is 14.4 Å². The van der Waals surface area contributed by atoms with Crippen LogP contribution in [0.3, 0.4) is 0 Å². The van der Waals surface area contributed by atoms with Gasteiger partial charge in [0, 0.05) is 32.4 Å². The first-order valence-electron chi connectivity index (χ1n) is 11.5. The first-order valence-corrected chi connectivity index (χ1v) is 11.5. The molecule has 0 saturated carbocycles. The predicted octanol–water partition coefficient (Wildman–Crippen LogP) is 4.19. The molecule has 1 saturated heterocycles. The summed E-state index contributed by atoms with van der Waals surface area (Å²) in [4.78, 5) is 47.0. The molecule has 0 bridgehead atoms. The molecular weight excluding hydrogens is 495 g/mol. The Balaban J connectivity index is 0.000000604. The molecule has 0 radical (unpaired) electrons. The Hall–Kier alpha value is -3.73. The summed E-state index contributed by atoms with van der Waals surface area (Å²) >= 11 is 0. The molecule has 200 valence electrons. The van der Waals surface area contributed by atoms with E-state index in [2.05, 4.69) is 0 Å². The fourth-order valence-electron chi connectivity index (χ4n) is 3.76. The number of Topliss-reactive ketones (excluding diaryl/α,β-unsaturated/α-hetero) is 2. The van der Waals surface area contributed by atoms with Crippen LogP contribution in [0.5, 0.6) is 5.75 Å². The molecule has 1 aliphatic heterocycles. The first-order chi connectivity index (χ1) is 17.4. The van der Waals surface area contributed by atoms with Crippen molar-refractivity contribution in [2.45, 2.75) is 44.3 Å². The number of para-hydroxylation sites is 1. The number of benzene rings is 2. The Kier molecular flexibility index (Phi) is 10.8. The van der Waals surface area contributed by atoms with E-state index in [0.717, 1.165) is 11.3 Å². The fraction of sp³-hybridized carbons (Fsp3) is 0.385. The Morgan fingerprint density at radius 2 is 1.65 bits per heavy atom. The second-order valence-corrected chi connectivity index (χ2v) is 8.51. The van der Waals surface area contributed by atoms with Crippen molar-refractivity contribution < 1.29 is 47.3 Å². The van der Waals surface area contributed by atoms with Gasteiger partial charge in [-0.2, -0.15) is 13.2 Å². The number of alkyl halides is 3. The van der Waals surface area contributed by atoms with E-state index in [-0.39, 0.29) is 29.5 Å². The van der Waals surface area contributed by atoms with Crippen LogP contribution in [0.1, 0.15) is 48.0 Å². The van der Waals surface area contributed by atoms with Crippen LogP contribution >= 0.6 is 0 Å². The van der Waals surface area contributed by atoms with Gasteiger partial charge < -0.3 is 14.9 Å². The highest BCUT2D eigenvalue weighted by Gasteiger charge is 2.38. The lowest BCUT2D eigenvalue weighted by Gasteiger charge is -2.34. The quantitative estimate of drug-likeness (QED) is 0.502. The molecule has 37 heavy (non-hydrogen) atoms. The third-order valence-corrected chi connectivity index (χ3v) is 5.78. The van der Waals surface area contributed by atoms with Gasteiger partial charge in [-0.25, -0.2) is 9.59 Å². The average Bonchev–Trinajstić information content (AvgIpc) is 2.85. The van der Waals surface area contributed by atoms with Gasteiger partial charge in [0.1, 0.15) is 18.1 Å². The number of hydrogen-bond acceptors (Lipinski definition) is 6. The van der Waals surface area contributed by atoms with Crippen LogP contribution in [0.4, 0.5) is 13.2 Å². The molecule has 0 unspecified atom stereocenters. The van der Waals surface area contributed by atoms with Gasteiger partial charge in [-0.15, -0.1) is 0 Å². The van der Waals surface area contributed by atoms with E-state index in [1.54, 1.807) is 24.3 Å². The van der Waals surface area contributed by atoms with E-state index < -0.39 is 24.2 Å². The molecule has 2 aromatic rings. The van der Waals surface area contributed by atoms with Crippen LogP contribution in [0.15, 0.2) is 54.6 Å². The molecule has 11 heteroatoms. The molecular formula is C26H28F3NO7. The van der Waals surface area contributed by atoms with Crippen molar-refractivity contribution in [1.82, 2.24) is 4.90 Å². The highest BCUT2D eigenvalue weighted by molar-refractivity contribution is 5.92. The minimum absolute atomic E-state index is 0.0394. The topological polar surface area (TPSA) is 121 Å². The number of nitrogens with zero attached hydrogens (tertiary/aromatic N) is 1. The second kappa shape index (κ2) is 13.5. The number of aliphatic carboxylic acids is 1. The number of rotatable bonds is 9. The maximum atomic E-state index is 13.0. The molecule has 0 aliphatic carbocycles. The molecule has 1 fully saturated rings. The van der Waals surface area contributed by atoms with Crippen molar-refractivity contribution in [3.63, 3.8) is 0 Å². The molecule has 0 amide bonds. The third-order valence-electron chi connectivity index (χ3n) is 5.78. The zero-order valence-electron chi connectivity index (χ0n) is 20.1. The zero-order chi connectivity index (χ0) is 27.6. The number of halogens is 3. The summed E-state index contributed by atoms with van der Waals surface area (Å²) in [5.41, 5.74) is 1.13.